The molecule has 0 spiro atoms. The molecule has 3 rings (SSSR count). The molecule has 0 aromatic heterocycles. The van der Waals surface area contributed by atoms with E-state index in [1.165, 1.54) is 5.01 Å². The van der Waals surface area contributed by atoms with Crippen molar-refractivity contribution in [3.63, 3.8) is 0 Å². The molecule has 1 aliphatic heterocycles. The van der Waals surface area contributed by atoms with Gasteiger partial charge in [-0.15, -0.1) is 0 Å². The summed E-state index contributed by atoms with van der Waals surface area (Å²) in [7, 11) is 6.98. The number of anilines is 1. The predicted octanol–water partition coefficient (Wildman–Crippen LogP) is 3.30. The summed E-state index contributed by atoms with van der Waals surface area (Å²) in [5.74, 6) is 0.655. The quantitative estimate of drug-likeness (QED) is 0.560. The van der Waals surface area contributed by atoms with E-state index in [0.29, 0.717) is 29.0 Å². The van der Waals surface area contributed by atoms with Crippen LogP contribution in [0.15, 0.2) is 24.3 Å². The summed E-state index contributed by atoms with van der Waals surface area (Å²) < 4.78 is 11.4. The number of hydrazine groups is 1. The van der Waals surface area contributed by atoms with E-state index in [0.717, 1.165) is 22.6 Å². The molecule has 2 amide bonds. The summed E-state index contributed by atoms with van der Waals surface area (Å²) in [6.45, 7) is 8.74. The van der Waals surface area contributed by atoms with Crippen LogP contribution >= 0.6 is 0 Å². The second kappa shape index (κ2) is 9.85. The van der Waals surface area contributed by atoms with Crippen molar-refractivity contribution in [2.24, 2.45) is 0 Å². The molecule has 0 aliphatic carbocycles. The number of carbonyl (C=O) groups is 2. The van der Waals surface area contributed by atoms with Crippen molar-refractivity contribution >= 4 is 23.3 Å². The number of methoxy groups -OCH3 is 1. The molecule has 1 heterocycles. The van der Waals surface area contributed by atoms with E-state index in [1.54, 1.807) is 32.4 Å². The summed E-state index contributed by atoms with van der Waals surface area (Å²) in [6, 6.07) is 7.03. The highest BCUT2D eigenvalue weighted by molar-refractivity contribution is 6.06. The molecular formula is C26H35N5O4. The van der Waals surface area contributed by atoms with E-state index in [4.69, 9.17) is 14.9 Å². The number of amides is 2. The lowest BCUT2D eigenvalue weighted by molar-refractivity contribution is 0.0868. The summed E-state index contributed by atoms with van der Waals surface area (Å²) in [5.41, 5.74) is 6.49. The third-order valence-electron chi connectivity index (χ3n) is 5.89. The Kier molecular flexibility index (Phi) is 7.28. The first-order chi connectivity index (χ1) is 16.4. The Hall–Kier alpha value is -3.75. The Bertz CT molecular complexity index is 1170. The van der Waals surface area contributed by atoms with Crippen LogP contribution < -0.4 is 25.1 Å². The topological polar surface area (TPSA) is 107 Å². The second-order valence-corrected chi connectivity index (χ2v) is 9.61. The van der Waals surface area contributed by atoms with Crippen LogP contribution in [0.1, 0.15) is 65.1 Å². The minimum atomic E-state index is -0.338. The van der Waals surface area contributed by atoms with Gasteiger partial charge < -0.3 is 19.7 Å². The number of hydrogen-bond acceptors (Lipinski definition) is 6. The number of fused-ring (bicyclic) bond motifs is 1. The van der Waals surface area contributed by atoms with Crippen LogP contribution in [-0.4, -0.2) is 57.5 Å². The highest BCUT2D eigenvalue weighted by Gasteiger charge is 2.30. The molecule has 1 aliphatic rings. The lowest BCUT2D eigenvalue weighted by atomic mass is 9.84. The Morgan fingerprint density at radius 1 is 1.14 bits per heavy atom. The Labute approximate surface area is 206 Å². The molecule has 0 atom stereocenters. The van der Waals surface area contributed by atoms with Gasteiger partial charge in [0.25, 0.3) is 11.8 Å². The SMILES string of the molecule is CCOc1cc2c(cc1C(=O)NC)C(=N)N(NC(=O)c1cc(N(C)C)c(OC)c(C(C)(C)C)c1)C2. The minimum absolute atomic E-state index is 0.110. The maximum absolute atomic E-state index is 13.3. The van der Waals surface area contributed by atoms with E-state index < -0.39 is 0 Å². The van der Waals surface area contributed by atoms with Gasteiger partial charge in [0.15, 0.2) is 0 Å². The highest BCUT2D eigenvalue weighted by Crippen LogP contribution is 2.39. The first-order valence-electron chi connectivity index (χ1n) is 11.5. The van der Waals surface area contributed by atoms with Gasteiger partial charge in [0, 0.05) is 37.8 Å². The summed E-state index contributed by atoms with van der Waals surface area (Å²) in [4.78, 5) is 27.6. The number of rotatable bonds is 7. The van der Waals surface area contributed by atoms with Crippen LogP contribution in [-0.2, 0) is 12.0 Å². The lowest BCUT2D eigenvalue weighted by Crippen LogP contribution is -2.42. The number of nitrogens with one attached hydrogen (secondary N) is 3. The van der Waals surface area contributed by atoms with Crippen LogP contribution in [0.4, 0.5) is 5.69 Å². The van der Waals surface area contributed by atoms with Gasteiger partial charge in [-0.25, -0.2) is 0 Å². The zero-order chi connectivity index (χ0) is 26.1. The van der Waals surface area contributed by atoms with Crippen molar-refractivity contribution in [3.05, 3.63) is 52.1 Å². The van der Waals surface area contributed by atoms with Gasteiger partial charge in [-0.2, -0.15) is 0 Å². The monoisotopic (exact) mass is 481 g/mol. The van der Waals surface area contributed by atoms with Crippen molar-refractivity contribution in [2.45, 2.75) is 39.7 Å². The zero-order valence-electron chi connectivity index (χ0n) is 21.8. The number of carbonyl (C=O) groups excluding carboxylic acids is 2. The van der Waals surface area contributed by atoms with Crippen molar-refractivity contribution in [2.75, 3.05) is 39.8 Å². The van der Waals surface area contributed by atoms with Gasteiger partial charge in [-0.05, 0) is 42.2 Å². The molecule has 0 unspecified atom stereocenters. The maximum atomic E-state index is 13.3. The van der Waals surface area contributed by atoms with Gasteiger partial charge in [0.1, 0.15) is 17.3 Å². The van der Waals surface area contributed by atoms with Crippen LogP contribution in [0.2, 0.25) is 0 Å². The van der Waals surface area contributed by atoms with Crippen molar-refractivity contribution in [1.29, 1.82) is 5.41 Å². The smallest absolute Gasteiger partial charge is 0.269 e. The van der Waals surface area contributed by atoms with Crippen LogP contribution in [0, 0.1) is 5.41 Å². The van der Waals surface area contributed by atoms with Crippen molar-refractivity contribution < 1.29 is 19.1 Å². The number of ether oxygens (including phenoxy) is 2. The van der Waals surface area contributed by atoms with Crippen molar-refractivity contribution in [1.82, 2.24) is 15.8 Å². The zero-order valence-corrected chi connectivity index (χ0v) is 21.8. The van der Waals surface area contributed by atoms with Gasteiger partial charge in [0.05, 0.1) is 31.5 Å². The number of hydrogen-bond donors (Lipinski definition) is 3. The molecule has 0 fully saturated rings. The second-order valence-electron chi connectivity index (χ2n) is 9.61. The van der Waals surface area contributed by atoms with Gasteiger partial charge in [0.2, 0.25) is 0 Å². The highest BCUT2D eigenvalue weighted by atomic mass is 16.5. The van der Waals surface area contributed by atoms with Gasteiger partial charge >= 0.3 is 0 Å². The lowest BCUT2D eigenvalue weighted by Gasteiger charge is -2.28. The Morgan fingerprint density at radius 3 is 2.37 bits per heavy atom. The minimum Gasteiger partial charge on any atom is -0.494 e. The van der Waals surface area contributed by atoms with E-state index in [-0.39, 0.29) is 29.6 Å². The average Bonchev–Trinajstić information content (AvgIpc) is 3.10. The fraction of sp³-hybridized carbons (Fsp3) is 0.423. The Balaban J connectivity index is 1.95. The van der Waals surface area contributed by atoms with Crippen LogP contribution in [0.25, 0.3) is 0 Å². The standard InChI is InChI=1S/C26H35N5O4/c1-9-35-21-12-16-14-31(23(27)17(16)13-18(21)25(33)28-5)29-24(32)15-10-19(26(2,3)4)22(34-8)20(11-15)30(6)7/h10-13,27H,9,14H2,1-8H3,(H,28,33)(H,29,32). The summed E-state index contributed by atoms with van der Waals surface area (Å²) in [6.07, 6.45) is 0. The molecule has 0 saturated heterocycles. The third kappa shape index (κ3) is 5.03. The van der Waals surface area contributed by atoms with Crippen molar-refractivity contribution in [3.8, 4) is 11.5 Å². The van der Waals surface area contributed by atoms with E-state index in [2.05, 4.69) is 31.5 Å². The molecule has 3 N–H and O–H groups in total. The first kappa shape index (κ1) is 25.9. The van der Waals surface area contributed by atoms with Crippen LogP contribution in [0.5, 0.6) is 11.5 Å². The summed E-state index contributed by atoms with van der Waals surface area (Å²) >= 11 is 0. The van der Waals surface area contributed by atoms with E-state index in [9.17, 15) is 9.59 Å². The fourth-order valence-electron chi connectivity index (χ4n) is 4.09. The third-order valence-corrected chi connectivity index (χ3v) is 5.89. The largest absolute Gasteiger partial charge is 0.494 e. The maximum Gasteiger partial charge on any atom is 0.269 e. The molecule has 9 heteroatoms. The normalized spacial score (nSPS) is 12.8. The molecule has 2 aromatic rings. The molecule has 9 nitrogen and oxygen atoms in total. The molecule has 2 aromatic carbocycles. The van der Waals surface area contributed by atoms with Crippen LogP contribution in [0.3, 0.4) is 0 Å². The van der Waals surface area contributed by atoms with Gasteiger partial charge in [-0.1, -0.05) is 20.8 Å². The Morgan fingerprint density at radius 2 is 1.83 bits per heavy atom. The molecule has 0 saturated carbocycles. The number of benzene rings is 2. The number of nitrogens with zero attached hydrogens (tertiary/aromatic N) is 2. The molecule has 188 valence electrons. The van der Waals surface area contributed by atoms with E-state index in [1.807, 2.05) is 32.0 Å². The fourth-order valence-corrected chi connectivity index (χ4v) is 4.09. The average molecular weight is 482 g/mol. The summed E-state index contributed by atoms with van der Waals surface area (Å²) in [5, 5.41) is 12.7. The first-order valence-corrected chi connectivity index (χ1v) is 11.5. The molecule has 35 heavy (non-hydrogen) atoms. The van der Waals surface area contributed by atoms with E-state index >= 15 is 0 Å². The molecular weight excluding hydrogens is 446 g/mol. The predicted molar refractivity (Wildman–Crippen MR) is 137 cm³/mol. The molecule has 0 radical (unpaired) electrons. The number of amidine groups is 1. The molecule has 0 bridgehead atoms. The van der Waals surface area contributed by atoms with Gasteiger partial charge in [-0.3, -0.25) is 25.4 Å².